The zero-order valence-corrected chi connectivity index (χ0v) is 15.0. The molecule has 2 aromatic rings. The van der Waals surface area contributed by atoms with Crippen LogP contribution in [0.15, 0.2) is 6.07 Å². The van der Waals surface area contributed by atoms with Crippen LogP contribution in [-0.4, -0.2) is 37.6 Å². The van der Waals surface area contributed by atoms with E-state index in [-0.39, 0.29) is 30.8 Å². The lowest BCUT2D eigenvalue weighted by atomic mass is 9.92. The monoisotopic (exact) mass is 360 g/mol. The lowest BCUT2D eigenvalue weighted by molar-refractivity contribution is 0.0130. The van der Waals surface area contributed by atoms with Crippen LogP contribution in [0.4, 0.5) is 14.7 Å². The number of fused-ring (bicyclic) bond motifs is 3. The average molecular weight is 360 g/mol. The van der Waals surface area contributed by atoms with Gasteiger partial charge < -0.3 is 4.90 Å². The van der Waals surface area contributed by atoms with Gasteiger partial charge in [-0.25, -0.2) is 13.8 Å². The Kier molecular flexibility index (Phi) is 4.05. The summed E-state index contributed by atoms with van der Waals surface area (Å²) >= 11 is 0. The normalized spacial score (nSPS) is 25.7. The smallest absolute Gasteiger partial charge is 0.245 e. The van der Waals surface area contributed by atoms with Crippen molar-refractivity contribution in [2.45, 2.75) is 70.4 Å². The maximum absolute atomic E-state index is 13.2. The molecule has 6 nitrogen and oxygen atoms in total. The van der Waals surface area contributed by atoms with E-state index in [2.05, 4.69) is 26.0 Å². The van der Waals surface area contributed by atoms with Crippen molar-refractivity contribution in [3.8, 4) is 6.07 Å². The molecule has 0 radical (unpaired) electrons. The maximum Gasteiger partial charge on any atom is 0.245 e. The highest BCUT2D eigenvalue weighted by Gasteiger charge is 2.42. The molecule has 2 aliphatic heterocycles. The molecule has 0 aromatic carbocycles. The third-order valence-corrected chi connectivity index (χ3v) is 5.44. The molecule has 0 amide bonds. The number of aromatic nitrogens is 4. The summed E-state index contributed by atoms with van der Waals surface area (Å²) in [5.41, 5.74) is 1.25. The van der Waals surface area contributed by atoms with Crippen molar-refractivity contribution in [3.63, 3.8) is 0 Å². The Hall–Kier alpha value is -2.30. The fraction of sp³-hybridized carbons (Fsp3) is 0.667. The summed E-state index contributed by atoms with van der Waals surface area (Å²) in [6, 6.07) is 4.74. The third kappa shape index (κ3) is 3.11. The highest BCUT2D eigenvalue weighted by atomic mass is 19.3. The van der Waals surface area contributed by atoms with E-state index in [1.807, 2.05) is 6.92 Å². The zero-order chi connectivity index (χ0) is 18.5. The number of rotatable bonds is 4. The van der Waals surface area contributed by atoms with Crippen LogP contribution in [0.3, 0.4) is 0 Å². The fourth-order valence-electron chi connectivity index (χ4n) is 4.27. The SMILES string of the molecule is Cc1nc(N2C3CCC2CC(C#N)C3)n2nc(CCC(C)(F)F)cc2n1. The molecule has 138 valence electrons. The predicted octanol–water partition coefficient (Wildman–Crippen LogP) is 3.29. The number of alkyl halides is 2. The highest BCUT2D eigenvalue weighted by molar-refractivity contribution is 5.49. The second-order valence-electron chi connectivity index (χ2n) is 7.64. The number of aryl methyl sites for hydroxylation is 2. The van der Waals surface area contributed by atoms with Crippen molar-refractivity contribution in [3.05, 3.63) is 17.6 Å². The minimum absolute atomic E-state index is 0.0992. The Bertz CT molecular complexity index is 851. The standard InChI is InChI=1S/C18H22F2N6/c1-11-22-16-9-13(5-6-18(2,19)20)24-26(16)17(23-11)25-14-3-4-15(25)8-12(7-14)10-21/h9,12,14-15H,3-8H2,1-2H3. The average Bonchev–Trinajstić information content (AvgIpc) is 3.09. The van der Waals surface area contributed by atoms with Crippen molar-refractivity contribution in [2.24, 2.45) is 5.92 Å². The van der Waals surface area contributed by atoms with E-state index < -0.39 is 5.92 Å². The Morgan fingerprint density at radius 1 is 1.27 bits per heavy atom. The van der Waals surface area contributed by atoms with E-state index in [0.717, 1.165) is 38.6 Å². The van der Waals surface area contributed by atoms with Crippen molar-refractivity contribution in [1.82, 2.24) is 19.6 Å². The fourth-order valence-corrected chi connectivity index (χ4v) is 4.27. The molecular formula is C18H22F2N6. The summed E-state index contributed by atoms with van der Waals surface area (Å²) in [5.74, 6) is -1.24. The van der Waals surface area contributed by atoms with Crippen LogP contribution in [-0.2, 0) is 6.42 Å². The van der Waals surface area contributed by atoms with Gasteiger partial charge in [-0.15, -0.1) is 0 Å². The number of hydrogen-bond donors (Lipinski definition) is 0. The van der Waals surface area contributed by atoms with Crippen molar-refractivity contribution < 1.29 is 8.78 Å². The maximum atomic E-state index is 13.2. The number of nitriles is 1. The topological polar surface area (TPSA) is 70.1 Å². The molecule has 26 heavy (non-hydrogen) atoms. The van der Waals surface area contributed by atoms with Gasteiger partial charge in [0.15, 0.2) is 5.65 Å². The molecule has 2 atom stereocenters. The minimum Gasteiger partial charge on any atom is -0.335 e. The second kappa shape index (κ2) is 6.15. The van der Waals surface area contributed by atoms with Gasteiger partial charge in [0.2, 0.25) is 11.9 Å². The molecule has 0 spiro atoms. The molecule has 4 rings (SSSR count). The Balaban J connectivity index is 1.69. The van der Waals surface area contributed by atoms with Gasteiger partial charge >= 0.3 is 0 Å². The number of anilines is 1. The van der Waals surface area contributed by atoms with E-state index >= 15 is 0 Å². The van der Waals surface area contributed by atoms with Crippen LogP contribution in [0.1, 0.15) is 50.5 Å². The van der Waals surface area contributed by atoms with Gasteiger partial charge in [0.1, 0.15) is 5.82 Å². The first-order valence-electron chi connectivity index (χ1n) is 9.13. The summed E-state index contributed by atoms with van der Waals surface area (Å²) < 4.78 is 28.1. The van der Waals surface area contributed by atoms with Gasteiger partial charge in [0.05, 0.1) is 17.7 Å². The first-order chi connectivity index (χ1) is 12.3. The summed E-state index contributed by atoms with van der Waals surface area (Å²) in [6.07, 6.45) is 3.74. The second-order valence-corrected chi connectivity index (χ2v) is 7.64. The van der Waals surface area contributed by atoms with Gasteiger partial charge in [-0.05, 0) is 46.0 Å². The number of piperidine rings is 1. The molecule has 0 aliphatic carbocycles. The molecule has 2 fully saturated rings. The van der Waals surface area contributed by atoms with Gasteiger partial charge in [0.25, 0.3) is 0 Å². The van der Waals surface area contributed by atoms with Gasteiger partial charge in [-0.1, -0.05) is 0 Å². The van der Waals surface area contributed by atoms with Gasteiger partial charge in [0, 0.05) is 24.6 Å². The molecule has 2 saturated heterocycles. The van der Waals surface area contributed by atoms with Crippen molar-refractivity contribution in [1.29, 1.82) is 5.26 Å². The lowest BCUT2D eigenvalue weighted by Crippen LogP contribution is -2.44. The Labute approximate surface area is 150 Å². The number of hydrogen-bond acceptors (Lipinski definition) is 5. The molecule has 2 unspecified atom stereocenters. The quantitative estimate of drug-likeness (QED) is 0.837. The molecule has 2 bridgehead atoms. The van der Waals surface area contributed by atoms with E-state index in [4.69, 9.17) is 0 Å². The van der Waals surface area contributed by atoms with E-state index in [1.54, 1.807) is 10.6 Å². The molecule has 4 heterocycles. The lowest BCUT2D eigenvalue weighted by Gasteiger charge is -2.37. The summed E-state index contributed by atoms with van der Waals surface area (Å²) in [5, 5.41) is 13.8. The molecule has 2 aromatic heterocycles. The first kappa shape index (κ1) is 17.1. The molecule has 0 N–H and O–H groups in total. The summed E-state index contributed by atoms with van der Waals surface area (Å²) in [4.78, 5) is 11.3. The zero-order valence-electron chi connectivity index (χ0n) is 15.0. The summed E-state index contributed by atoms with van der Waals surface area (Å²) in [7, 11) is 0. The van der Waals surface area contributed by atoms with Crippen molar-refractivity contribution in [2.75, 3.05) is 4.90 Å². The van der Waals surface area contributed by atoms with E-state index in [1.165, 1.54) is 0 Å². The summed E-state index contributed by atoms with van der Waals surface area (Å²) in [6.45, 7) is 2.76. The van der Waals surface area contributed by atoms with Crippen LogP contribution in [0.2, 0.25) is 0 Å². The van der Waals surface area contributed by atoms with Gasteiger partial charge in [-0.3, -0.25) is 0 Å². The largest absolute Gasteiger partial charge is 0.335 e. The Morgan fingerprint density at radius 2 is 1.96 bits per heavy atom. The molecule has 0 saturated carbocycles. The minimum atomic E-state index is -2.71. The van der Waals surface area contributed by atoms with Crippen LogP contribution >= 0.6 is 0 Å². The van der Waals surface area contributed by atoms with Crippen LogP contribution < -0.4 is 4.90 Å². The van der Waals surface area contributed by atoms with E-state index in [0.29, 0.717) is 17.2 Å². The van der Waals surface area contributed by atoms with Crippen molar-refractivity contribution >= 4 is 11.6 Å². The number of halogens is 2. The molecule has 8 heteroatoms. The predicted molar refractivity (Wildman–Crippen MR) is 92.1 cm³/mol. The van der Waals surface area contributed by atoms with Crippen LogP contribution in [0, 0.1) is 24.2 Å². The van der Waals surface area contributed by atoms with Gasteiger partial charge in [-0.2, -0.15) is 19.9 Å². The third-order valence-electron chi connectivity index (χ3n) is 5.44. The van der Waals surface area contributed by atoms with Crippen LogP contribution in [0.5, 0.6) is 0 Å². The number of nitrogens with zero attached hydrogens (tertiary/aromatic N) is 6. The molecular weight excluding hydrogens is 338 g/mol. The highest BCUT2D eigenvalue weighted by Crippen LogP contribution is 2.40. The molecule has 2 aliphatic rings. The van der Waals surface area contributed by atoms with E-state index in [9.17, 15) is 14.0 Å². The van der Waals surface area contributed by atoms with Crippen LogP contribution in [0.25, 0.3) is 5.65 Å². The first-order valence-corrected chi connectivity index (χ1v) is 9.13. The Morgan fingerprint density at radius 3 is 2.58 bits per heavy atom.